The molecule has 0 unspecified atom stereocenters. The van der Waals surface area contributed by atoms with E-state index in [1.807, 2.05) is 0 Å². The van der Waals surface area contributed by atoms with Crippen molar-refractivity contribution in [2.45, 2.75) is 16.9 Å². The van der Waals surface area contributed by atoms with Crippen LogP contribution in [0.4, 0.5) is 13.2 Å². The van der Waals surface area contributed by atoms with E-state index in [1.165, 1.54) is 43.3 Å². The van der Waals surface area contributed by atoms with E-state index in [0.717, 1.165) is 27.8 Å². The van der Waals surface area contributed by atoms with Gasteiger partial charge in [-0.05, 0) is 29.8 Å². The fourth-order valence-corrected chi connectivity index (χ4v) is 4.96. The number of alkyl halides is 3. The largest absolute Gasteiger partial charge is 0.416 e. The maximum Gasteiger partial charge on any atom is 0.416 e. The fraction of sp³-hybridized carbons (Fsp3) is 0.312. The molecule has 1 heterocycles. The van der Waals surface area contributed by atoms with Gasteiger partial charge in [0.15, 0.2) is 0 Å². The van der Waals surface area contributed by atoms with Gasteiger partial charge in [-0.3, -0.25) is 4.79 Å². The van der Waals surface area contributed by atoms with Gasteiger partial charge in [-0.2, -0.15) is 17.5 Å². The second-order valence-electron chi connectivity index (χ2n) is 5.76. The molecule has 5 nitrogen and oxygen atoms in total. The van der Waals surface area contributed by atoms with Crippen LogP contribution in [-0.2, 0) is 27.5 Å². The molecule has 0 aliphatic heterocycles. The van der Waals surface area contributed by atoms with Gasteiger partial charge in [0.2, 0.25) is 5.91 Å². The Balaban J connectivity index is 2.01. The maximum atomic E-state index is 12.6. The van der Waals surface area contributed by atoms with Crippen molar-refractivity contribution < 1.29 is 26.4 Å². The molecule has 2 aromatic rings. The molecule has 0 atom stereocenters. The summed E-state index contributed by atoms with van der Waals surface area (Å²) in [6, 6.07) is 7.23. The summed E-state index contributed by atoms with van der Waals surface area (Å²) < 4.78 is 63.7. The van der Waals surface area contributed by atoms with Crippen molar-refractivity contribution in [3.05, 3.63) is 51.9 Å². The predicted octanol–water partition coefficient (Wildman–Crippen LogP) is 3.70. The average molecular weight is 441 g/mol. The fourth-order valence-electron chi connectivity index (χ4n) is 2.15. The van der Waals surface area contributed by atoms with E-state index in [-0.39, 0.29) is 10.8 Å². The molecule has 27 heavy (non-hydrogen) atoms. The van der Waals surface area contributed by atoms with Gasteiger partial charge in [-0.15, -0.1) is 11.3 Å². The van der Waals surface area contributed by atoms with Crippen molar-refractivity contribution in [3.63, 3.8) is 0 Å². The van der Waals surface area contributed by atoms with Crippen LogP contribution < -0.4 is 0 Å². The molecule has 0 bridgehead atoms. The highest BCUT2D eigenvalue weighted by Crippen LogP contribution is 2.29. The van der Waals surface area contributed by atoms with Gasteiger partial charge in [0, 0.05) is 20.6 Å². The summed E-state index contributed by atoms with van der Waals surface area (Å²) >= 11 is 6.63. The van der Waals surface area contributed by atoms with E-state index in [1.54, 1.807) is 0 Å². The molecule has 2 rings (SSSR count). The lowest BCUT2D eigenvalue weighted by molar-refractivity contribution is -0.137. The number of halogens is 4. The summed E-state index contributed by atoms with van der Waals surface area (Å²) in [5.74, 6) is -0.497. The zero-order chi connectivity index (χ0) is 20.4. The zero-order valence-corrected chi connectivity index (χ0v) is 16.7. The van der Waals surface area contributed by atoms with Gasteiger partial charge in [0.25, 0.3) is 10.0 Å². The van der Waals surface area contributed by atoms with Crippen molar-refractivity contribution in [2.24, 2.45) is 0 Å². The lowest BCUT2D eigenvalue weighted by Crippen LogP contribution is -2.38. The third-order valence-corrected chi connectivity index (χ3v) is 7.20. The second-order valence-corrected chi connectivity index (χ2v) is 9.75. The molecule has 11 heteroatoms. The summed E-state index contributed by atoms with van der Waals surface area (Å²) in [4.78, 5) is 13.5. The van der Waals surface area contributed by atoms with Crippen molar-refractivity contribution in [2.75, 3.05) is 20.6 Å². The second kappa shape index (κ2) is 8.17. The van der Waals surface area contributed by atoms with Crippen molar-refractivity contribution >= 4 is 38.9 Å². The third-order valence-electron chi connectivity index (χ3n) is 3.70. The highest BCUT2D eigenvalue weighted by Gasteiger charge is 2.30. The molecule has 0 radical (unpaired) electrons. The zero-order valence-electron chi connectivity index (χ0n) is 14.3. The number of thiophene rings is 1. The topological polar surface area (TPSA) is 57.7 Å². The molecule has 1 aromatic carbocycles. The van der Waals surface area contributed by atoms with Crippen LogP contribution in [0.2, 0.25) is 4.34 Å². The SMILES string of the molecule is CN(Cc1ccc(C(F)(F)F)cc1)C(=O)CN(C)S(=O)(=O)c1ccc(Cl)s1. The Morgan fingerprint density at radius 3 is 2.19 bits per heavy atom. The summed E-state index contributed by atoms with van der Waals surface area (Å²) in [5.41, 5.74) is -0.282. The highest BCUT2D eigenvalue weighted by molar-refractivity contribution is 7.91. The van der Waals surface area contributed by atoms with Gasteiger partial charge >= 0.3 is 6.18 Å². The van der Waals surface area contributed by atoms with Crippen LogP contribution in [0.1, 0.15) is 11.1 Å². The first kappa shape index (κ1) is 21.7. The molecule has 0 spiro atoms. The molecule has 0 fully saturated rings. The molecule has 0 aliphatic carbocycles. The quantitative estimate of drug-likeness (QED) is 0.688. The first-order chi connectivity index (χ1) is 12.4. The molecule has 1 amide bonds. The van der Waals surface area contributed by atoms with Gasteiger partial charge in [-0.25, -0.2) is 8.42 Å². The number of likely N-dealkylation sites (N-methyl/N-ethyl adjacent to an activating group) is 2. The standard InChI is InChI=1S/C16H16ClF3N2O3S2/c1-21(9-11-3-5-12(6-4-11)16(18,19)20)14(23)10-22(2)27(24,25)15-8-7-13(17)26-15/h3-8H,9-10H2,1-2H3. The number of nitrogens with zero attached hydrogens (tertiary/aromatic N) is 2. The van der Waals surface area contributed by atoms with Crippen LogP contribution in [0.25, 0.3) is 0 Å². The van der Waals surface area contributed by atoms with Crippen molar-refractivity contribution in [1.29, 1.82) is 0 Å². The van der Waals surface area contributed by atoms with Crippen LogP contribution in [0.3, 0.4) is 0 Å². The van der Waals surface area contributed by atoms with Crippen LogP contribution in [0, 0.1) is 0 Å². The van der Waals surface area contributed by atoms with Gasteiger partial charge in [-0.1, -0.05) is 23.7 Å². The molecule has 148 valence electrons. The number of carbonyl (C=O) groups excluding carboxylic acids is 1. The molecule has 0 aliphatic rings. The summed E-state index contributed by atoms with van der Waals surface area (Å²) in [7, 11) is -1.13. The summed E-state index contributed by atoms with van der Waals surface area (Å²) in [6.07, 6.45) is -4.43. The lowest BCUT2D eigenvalue weighted by Gasteiger charge is -2.21. The Morgan fingerprint density at radius 2 is 1.70 bits per heavy atom. The molecule has 0 saturated carbocycles. The van der Waals surface area contributed by atoms with E-state index in [9.17, 15) is 26.4 Å². The van der Waals surface area contributed by atoms with Crippen molar-refractivity contribution in [3.8, 4) is 0 Å². The molecular weight excluding hydrogens is 425 g/mol. The van der Waals surface area contributed by atoms with E-state index in [2.05, 4.69) is 0 Å². The number of benzene rings is 1. The van der Waals surface area contributed by atoms with E-state index in [4.69, 9.17) is 11.6 Å². The Morgan fingerprint density at radius 1 is 1.11 bits per heavy atom. The van der Waals surface area contributed by atoms with Gasteiger partial charge in [0.05, 0.1) is 16.4 Å². The Labute approximate surface area is 164 Å². The van der Waals surface area contributed by atoms with Crippen LogP contribution in [0.15, 0.2) is 40.6 Å². The van der Waals surface area contributed by atoms with Crippen LogP contribution in [-0.4, -0.2) is 44.2 Å². The molecule has 0 N–H and O–H groups in total. The number of sulfonamides is 1. The van der Waals surface area contributed by atoms with E-state index >= 15 is 0 Å². The van der Waals surface area contributed by atoms with Crippen LogP contribution in [0.5, 0.6) is 0 Å². The third kappa shape index (κ3) is 5.44. The summed E-state index contributed by atoms with van der Waals surface area (Å²) in [5, 5.41) is 0. The average Bonchev–Trinajstić information content (AvgIpc) is 3.01. The summed E-state index contributed by atoms with van der Waals surface area (Å²) in [6.45, 7) is -0.356. The minimum atomic E-state index is -4.43. The maximum absolute atomic E-state index is 12.6. The number of rotatable bonds is 6. The first-order valence-electron chi connectivity index (χ1n) is 7.53. The Kier molecular flexibility index (Phi) is 6.56. The normalized spacial score (nSPS) is 12.4. The number of amides is 1. The van der Waals surface area contributed by atoms with Gasteiger partial charge in [0.1, 0.15) is 4.21 Å². The highest BCUT2D eigenvalue weighted by atomic mass is 35.5. The molecule has 1 aromatic heterocycles. The monoisotopic (exact) mass is 440 g/mol. The smallest absolute Gasteiger partial charge is 0.340 e. The number of carbonyl (C=O) groups is 1. The van der Waals surface area contributed by atoms with Gasteiger partial charge < -0.3 is 4.90 Å². The minimum absolute atomic E-state index is 0.0215. The Bertz CT molecular complexity index is 912. The number of hydrogen-bond donors (Lipinski definition) is 0. The minimum Gasteiger partial charge on any atom is -0.340 e. The first-order valence-corrected chi connectivity index (χ1v) is 10.2. The predicted molar refractivity (Wildman–Crippen MR) is 97.1 cm³/mol. The van der Waals surface area contributed by atoms with E-state index in [0.29, 0.717) is 9.90 Å². The molecular formula is C16H16ClF3N2O3S2. The van der Waals surface area contributed by atoms with E-state index < -0.39 is 34.2 Å². The molecule has 0 saturated heterocycles. The van der Waals surface area contributed by atoms with Crippen molar-refractivity contribution in [1.82, 2.24) is 9.21 Å². The van der Waals surface area contributed by atoms with Crippen LogP contribution >= 0.6 is 22.9 Å². The lowest BCUT2D eigenvalue weighted by atomic mass is 10.1. The Hall–Kier alpha value is -1.62. The number of hydrogen-bond acceptors (Lipinski definition) is 4.